The number of dihydropyridines is 1. The highest BCUT2D eigenvalue weighted by molar-refractivity contribution is 6.04. The second-order valence-electron chi connectivity index (χ2n) is 8.25. The van der Waals surface area contributed by atoms with Crippen LogP contribution in [0.1, 0.15) is 43.2 Å². The van der Waals surface area contributed by atoms with Crippen LogP contribution in [0.15, 0.2) is 71.1 Å². The molecule has 33 heavy (non-hydrogen) atoms. The quantitative estimate of drug-likeness (QED) is 0.632. The summed E-state index contributed by atoms with van der Waals surface area (Å²) in [5.41, 5.74) is 4.44. The number of hydrogen-bond acceptors (Lipinski definition) is 6. The van der Waals surface area contributed by atoms with Gasteiger partial charge < -0.3 is 19.5 Å². The van der Waals surface area contributed by atoms with E-state index in [1.807, 2.05) is 43.3 Å². The predicted molar refractivity (Wildman–Crippen MR) is 125 cm³/mol. The van der Waals surface area contributed by atoms with Crippen LogP contribution in [0.3, 0.4) is 0 Å². The number of Topliss-reactive ketones (excluding diaryl/α,β-unsaturated/α-hetero) is 1. The number of ether oxygens (including phenoxy) is 3. The van der Waals surface area contributed by atoms with Gasteiger partial charge in [-0.2, -0.15) is 0 Å². The van der Waals surface area contributed by atoms with Gasteiger partial charge in [-0.25, -0.2) is 4.79 Å². The first-order valence-corrected chi connectivity index (χ1v) is 11.2. The van der Waals surface area contributed by atoms with Crippen LogP contribution in [-0.2, 0) is 20.7 Å². The zero-order valence-corrected chi connectivity index (χ0v) is 19.3. The van der Waals surface area contributed by atoms with E-state index in [0.29, 0.717) is 41.2 Å². The van der Waals surface area contributed by atoms with Crippen molar-refractivity contribution in [2.24, 2.45) is 0 Å². The molecule has 2 aromatic rings. The van der Waals surface area contributed by atoms with E-state index in [1.54, 1.807) is 26.4 Å². The van der Waals surface area contributed by atoms with Gasteiger partial charge in [0.25, 0.3) is 0 Å². The van der Waals surface area contributed by atoms with Gasteiger partial charge >= 0.3 is 5.97 Å². The van der Waals surface area contributed by atoms with E-state index in [9.17, 15) is 9.59 Å². The van der Waals surface area contributed by atoms with E-state index in [0.717, 1.165) is 29.7 Å². The summed E-state index contributed by atoms with van der Waals surface area (Å²) in [6.07, 6.45) is 2.62. The number of hydrogen-bond donors (Lipinski definition) is 1. The van der Waals surface area contributed by atoms with E-state index < -0.39 is 11.9 Å². The van der Waals surface area contributed by atoms with E-state index in [2.05, 4.69) is 5.32 Å². The number of esters is 1. The average Bonchev–Trinajstić information content (AvgIpc) is 2.83. The highest BCUT2D eigenvalue weighted by Gasteiger charge is 2.40. The number of ketones is 1. The minimum absolute atomic E-state index is 0.0423. The van der Waals surface area contributed by atoms with Gasteiger partial charge in [0.1, 0.15) is 11.5 Å². The number of carbonyl (C=O) groups is 2. The number of rotatable bonds is 7. The lowest BCUT2D eigenvalue weighted by Gasteiger charge is -2.34. The molecule has 1 atom stereocenters. The Morgan fingerprint density at radius 2 is 1.85 bits per heavy atom. The molecule has 0 spiro atoms. The van der Waals surface area contributed by atoms with Crippen molar-refractivity contribution < 1.29 is 23.8 Å². The minimum Gasteiger partial charge on any atom is -0.497 e. The molecular weight excluding hydrogens is 418 g/mol. The molecule has 0 saturated heterocycles. The molecule has 0 radical (unpaired) electrons. The van der Waals surface area contributed by atoms with Crippen LogP contribution in [0.25, 0.3) is 0 Å². The summed E-state index contributed by atoms with van der Waals surface area (Å²) in [6, 6.07) is 15.3. The van der Waals surface area contributed by atoms with Crippen molar-refractivity contribution in [3.8, 4) is 11.5 Å². The van der Waals surface area contributed by atoms with E-state index in [-0.39, 0.29) is 12.4 Å². The zero-order chi connectivity index (χ0) is 23.4. The molecule has 0 bridgehead atoms. The smallest absolute Gasteiger partial charge is 0.336 e. The lowest BCUT2D eigenvalue weighted by atomic mass is 9.75. The van der Waals surface area contributed by atoms with Crippen molar-refractivity contribution in [2.75, 3.05) is 20.8 Å². The molecule has 0 amide bonds. The Hall–Kier alpha value is -3.54. The van der Waals surface area contributed by atoms with Gasteiger partial charge in [0.15, 0.2) is 5.78 Å². The van der Waals surface area contributed by atoms with Gasteiger partial charge in [0, 0.05) is 35.4 Å². The Morgan fingerprint density at radius 3 is 2.58 bits per heavy atom. The third kappa shape index (κ3) is 4.65. The topological polar surface area (TPSA) is 73.9 Å². The third-order valence-electron chi connectivity index (χ3n) is 6.21. The van der Waals surface area contributed by atoms with Crippen LogP contribution in [0.5, 0.6) is 11.5 Å². The van der Waals surface area contributed by atoms with E-state index in [4.69, 9.17) is 14.2 Å². The zero-order valence-electron chi connectivity index (χ0n) is 19.3. The molecule has 4 rings (SSSR count). The van der Waals surface area contributed by atoms with Crippen LogP contribution in [0.2, 0.25) is 0 Å². The Morgan fingerprint density at radius 1 is 1.06 bits per heavy atom. The molecule has 172 valence electrons. The second kappa shape index (κ2) is 9.94. The normalized spacial score (nSPS) is 17.9. The van der Waals surface area contributed by atoms with E-state index >= 15 is 0 Å². The molecular formula is C27H29NO5. The summed E-state index contributed by atoms with van der Waals surface area (Å²) < 4.78 is 16.8. The summed E-state index contributed by atoms with van der Waals surface area (Å²) in [5.74, 6) is 0.249. The van der Waals surface area contributed by atoms with Gasteiger partial charge in [0.05, 0.1) is 32.3 Å². The standard InChI is InChI=1S/C27H29NO5/c1-17-24(27(30)33-15-14-18-8-5-4-6-9-18)25(26-21(28-17)10-7-11-22(26)29)20-16-19(31-2)12-13-23(20)32-3/h4-6,8-9,12-13,16,25,28H,7,10-11,14-15H2,1-3H3/t25-/m1/s1. The minimum atomic E-state index is -0.580. The maximum Gasteiger partial charge on any atom is 0.336 e. The molecule has 0 saturated carbocycles. The van der Waals surface area contributed by atoms with Gasteiger partial charge in [-0.05, 0) is 43.5 Å². The molecule has 0 aromatic heterocycles. The monoisotopic (exact) mass is 447 g/mol. The third-order valence-corrected chi connectivity index (χ3v) is 6.21. The molecule has 6 heteroatoms. The van der Waals surface area contributed by atoms with Crippen molar-refractivity contribution in [1.82, 2.24) is 5.32 Å². The molecule has 1 aliphatic heterocycles. The lowest BCUT2D eigenvalue weighted by Crippen LogP contribution is -2.34. The summed E-state index contributed by atoms with van der Waals surface area (Å²) in [4.78, 5) is 26.5. The highest BCUT2D eigenvalue weighted by atomic mass is 16.5. The van der Waals surface area contributed by atoms with Crippen LogP contribution in [0, 0.1) is 0 Å². The van der Waals surface area contributed by atoms with Crippen LogP contribution < -0.4 is 14.8 Å². The first kappa shape index (κ1) is 22.6. The molecule has 0 fully saturated rings. The van der Waals surface area contributed by atoms with Crippen LogP contribution in [-0.4, -0.2) is 32.6 Å². The first-order chi connectivity index (χ1) is 16.0. The van der Waals surface area contributed by atoms with Crippen LogP contribution in [0.4, 0.5) is 0 Å². The maximum atomic E-state index is 13.4. The Balaban J connectivity index is 1.71. The number of methoxy groups -OCH3 is 2. The van der Waals surface area contributed by atoms with Crippen molar-refractivity contribution in [3.63, 3.8) is 0 Å². The van der Waals surface area contributed by atoms with Crippen molar-refractivity contribution >= 4 is 11.8 Å². The van der Waals surface area contributed by atoms with Crippen LogP contribution >= 0.6 is 0 Å². The van der Waals surface area contributed by atoms with Gasteiger partial charge in [0.2, 0.25) is 0 Å². The fraction of sp³-hybridized carbons (Fsp3) is 0.333. The summed E-state index contributed by atoms with van der Waals surface area (Å²) in [7, 11) is 3.17. The number of allylic oxidation sites excluding steroid dienone is 3. The average molecular weight is 448 g/mol. The van der Waals surface area contributed by atoms with Gasteiger partial charge in [-0.15, -0.1) is 0 Å². The summed E-state index contributed by atoms with van der Waals surface area (Å²) >= 11 is 0. The van der Waals surface area contributed by atoms with E-state index in [1.165, 1.54) is 0 Å². The first-order valence-electron chi connectivity index (χ1n) is 11.2. The number of benzene rings is 2. The van der Waals surface area contributed by atoms with Gasteiger partial charge in [-0.1, -0.05) is 30.3 Å². The molecule has 1 N–H and O–H groups in total. The molecule has 0 unspecified atom stereocenters. The fourth-order valence-corrected chi connectivity index (χ4v) is 4.61. The fourth-order valence-electron chi connectivity index (χ4n) is 4.61. The van der Waals surface area contributed by atoms with Crippen molar-refractivity contribution in [3.05, 3.63) is 82.2 Å². The van der Waals surface area contributed by atoms with Gasteiger partial charge in [-0.3, -0.25) is 4.79 Å². The number of carbonyl (C=O) groups excluding carboxylic acids is 2. The highest BCUT2D eigenvalue weighted by Crippen LogP contribution is 2.46. The number of nitrogens with one attached hydrogen (secondary N) is 1. The summed E-state index contributed by atoms with van der Waals surface area (Å²) in [5, 5.41) is 3.32. The second-order valence-corrected chi connectivity index (χ2v) is 8.25. The molecule has 1 aliphatic carbocycles. The largest absolute Gasteiger partial charge is 0.497 e. The molecule has 2 aliphatic rings. The Labute approximate surface area is 194 Å². The lowest BCUT2D eigenvalue weighted by molar-refractivity contribution is -0.139. The van der Waals surface area contributed by atoms with Crippen molar-refractivity contribution in [1.29, 1.82) is 0 Å². The SMILES string of the molecule is COc1ccc(OC)c([C@@H]2C(C(=O)OCCc3ccccc3)=C(C)NC3=C2C(=O)CCC3)c1. The molecule has 1 heterocycles. The molecule has 6 nitrogen and oxygen atoms in total. The predicted octanol–water partition coefficient (Wildman–Crippen LogP) is 4.46. The Bertz CT molecular complexity index is 1120. The molecule has 2 aromatic carbocycles. The summed E-state index contributed by atoms with van der Waals surface area (Å²) in [6.45, 7) is 2.11. The maximum absolute atomic E-state index is 13.4. The Kier molecular flexibility index (Phi) is 6.82. The van der Waals surface area contributed by atoms with Crippen molar-refractivity contribution in [2.45, 2.75) is 38.5 Å².